The molecule has 1 unspecified atom stereocenters. The first kappa shape index (κ1) is 15.5. The molecule has 0 spiro atoms. The fourth-order valence-electron chi connectivity index (χ4n) is 3.54. The molecule has 1 aromatic rings. The molecule has 0 aliphatic heterocycles. The topological polar surface area (TPSA) is 22.1 Å². The van der Waals surface area contributed by atoms with Crippen LogP contribution in [0.3, 0.4) is 0 Å². The number of nitrogens with zero attached hydrogens (tertiary/aromatic N) is 1. The SMILES string of the molecule is COC1(Cc2nc3c(cc2C)CCCCC3)C=CC(C)=CC1. The highest BCUT2D eigenvalue weighted by Crippen LogP contribution is 2.30. The molecule has 2 heteroatoms. The normalized spacial score (nSPS) is 24.6. The predicted octanol–water partition coefficient (Wildman–Crippen LogP) is 4.49. The molecule has 118 valence electrons. The van der Waals surface area contributed by atoms with Crippen molar-refractivity contribution in [3.8, 4) is 0 Å². The minimum atomic E-state index is -0.226. The molecule has 0 bridgehead atoms. The predicted molar refractivity (Wildman–Crippen MR) is 91.2 cm³/mol. The molecule has 0 fully saturated rings. The summed E-state index contributed by atoms with van der Waals surface area (Å²) < 4.78 is 5.88. The molecule has 2 aliphatic rings. The van der Waals surface area contributed by atoms with E-state index in [9.17, 15) is 0 Å². The standard InChI is InChI=1S/C20H27NO/c1-15-9-11-20(22-3,12-10-15)14-19-16(2)13-17-7-5-4-6-8-18(17)21-19/h9-11,13H,4-8,12,14H2,1-3H3. The summed E-state index contributed by atoms with van der Waals surface area (Å²) in [6, 6.07) is 2.37. The van der Waals surface area contributed by atoms with E-state index in [0.29, 0.717) is 0 Å². The summed E-state index contributed by atoms with van der Waals surface area (Å²) in [5.41, 5.74) is 6.42. The fourth-order valence-corrected chi connectivity index (χ4v) is 3.54. The van der Waals surface area contributed by atoms with Gasteiger partial charge in [0.25, 0.3) is 0 Å². The molecule has 0 radical (unpaired) electrons. The van der Waals surface area contributed by atoms with Gasteiger partial charge in [0.15, 0.2) is 0 Å². The minimum Gasteiger partial charge on any atom is -0.373 e. The molecule has 1 aromatic heterocycles. The van der Waals surface area contributed by atoms with E-state index in [0.717, 1.165) is 19.3 Å². The van der Waals surface area contributed by atoms with Crippen molar-refractivity contribution in [2.24, 2.45) is 0 Å². The average molecular weight is 297 g/mol. The second-order valence-electron chi connectivity index (χ2n) is 6.85. The third-order valence-corrected chi connectivity index (χ3v) is 5.14. The van der Waals surface area contributed by atoms with Crippen LogP contribution in [0.5, 0.6) is 0 Å². The second-order valence-corrected chi connectivity index (χ2v) is 6.85. The summed E-state index contributed by atoms with van der Waals surface area (Å²) in [7, 11) is 1.82. The van der Waals surface area contributed by atoms with E-state index < -0.39 is 0 Å². The van der Waals surface area contributed by atoms with Gasteiger partial charge in [0.2, 0.25) is 0 Å². The zero-order valence-corrected chi connectivity index (χ0v) is 14.1. The maximum absolute atomic E-state index is 5.88. The maximum atomic E-state index is 5.88. The smallest absolute Gasteiger partial charge is 0.0951 e. The van der Waals surface area contributed by atoms with Crippen LogP contribution in [0, 0.1) is 6.92 Å². The van der Waals surface area contributed by atoms with Gasteiger partial charge in [-0.1, -0.05) is 36.3 Å². The van der Waals surface area contributed by atoms with E-state index in [1.165, 1.54) is 53.8 Å². The Morgan fingerprint density at radius 3 is 2.73 bits per heavy atom. The zero-order valence-electron chi connectivity index (χ0n) is 14.1. The van der Waals surface area contributed by atoms with Gasteiger partial charge >= 0.3 is 0 Å². The number of rotatable bonds is 3. The Kier molecular flexibility index (Phi) is 4.49. The van der Waals surface area contributed by atoms with Crippen LogP contribution < -0.4 is 0 Å². The summed E-state index contributed by atoms with van der Waals surface area (Å²) in [5, 5.41) is 0. The van der Waals surface area contributed by atoms with E-state index in [4.69, 9.17) is 9.72 Å². The summed E-state index contributed by atoms with van der Waals surface area (Å²) in [4.78, 5) is 5.04. The molecule has 0 aromatic carbocycles. The number of hydrogen-bond acceptors (Lipinski definition) is 2. The lowest BCUT2D eigenvalue weighted by atomic mass is 9.86. The van der Waals surface area contributed by atoms with Gasteiger partial charge < -0.3 is 4.74 Å². The lowest BCUT2D eigenvalue weighted by molar-refractivity contribution is 0.0330. The number of fused-ring (bicyclic) bond motifs is 1. The van der Waals surface area contributed by atoms with Gasteiger partial charge in [-0.2, -0.15) is 0 Å². The lowest BCUT2D eigenvalue weighted by Gasteiger charge is -2.31. The van der Waals surface area contributed by atoms with Gasteiger partial charge in [-0.05, 0) is 57.1 Å². The first-order valence-corrected chi connectivity index (χ1v) is 8.51. The van der Waals surface area contributed by atoms with Crippen molar-refractivity contribution in [2.75, 3.05) is 7.11 Å². The van der Waals surface area contributed by atoms with Crippen LogP contribution >= 0.6 is 0 Å². The van der Waals surface area contributed by atoms with Gasteiger partial charge in [-0.3, -0.25) is 4.98 Å². The van der Waals surface area contributed by atoms with E-state index in [1.807, 2.05) is 7.11 Å². The number of aryl methyl sites for hydroxylation is 3. The third kappa shape index (κ3) is 3.17. The third-order valence-electron chi connectivity index (χ3n) is 5.14. The van der Waals surface area contributed by atoms with E-state index in [2.05, 4.69) is 38.1 Å². The highest BCUT2D eigenvalue weighted by atomic mass is 16.5. The number of ether oxygens (including phenoxy) is 1. The Hall–Kier alpha value is -1.41. The van der Waals surface area contributed by atoms with Gasteiger partial charge in [-0.15, -0.1) is 0 Å². The monoisotopic (exact) mass is 297 g/mol. The van der Waals surface area contributed by atoms with Crippen molar-refractivity contribution in [3.63, 3.8) is 0 Å². The molecule has 2 aliphatic carbocycles. The molecule has 3 rings (SSSR count). The van der Waals surface area contributed by atoms with Crippen LogP contribution in [0.25, 0.3) is 0 Å². The van der Waals surface area contributed by atoms with Crippen molar-refractivity contribution in [1.82, 2.24) is 4.98 Å². The second kappa shape index (κ2) is 6.37. The van der Waals surface area contributed by atoms with Crippen LogP contribution in [0.15, 0.2) is 29.9 Å². The van der Waals surface area contributed by atoms with Crippen LogP contribution in [0.4, 0.5) is 0 Å². The Morgan fingerprint density at radius 1 is 1.18 bits per heavy atom. The van der Waals surface area contributed by atoms with Crippen LogP contribution in [-0.4, -0.2) is 17.7 Å². The zero-order chi connectivity index (χ0) is 15.6. The van der Waals surface area contributed by atoms with Crippen LogP contribution in [0.1, 0.15) is 55.1 Å². The minimum absolute atomic E-state index is 0.226. The van der Waals surface area contributed by atoms with Gasteiger partial charge in [0, 0.05) is 24.9 Å². The Morgan fingerprint density at radius 2 is 2.00 bits per heavy atom. The van der Waals surface area contributed by atoms with Crippen molar-refractivity contribution < 1.29 is 4.74 Å². The summed E-state index contributed by atoms with van der Waals surface area (Å²) in [5.74, 6) is 0. The van der Waals surface area contributed by atoms with Crippen molar-refractivity contribution in [2.45, 2.75) is 64.4 Å². The van der Waals surface area contributed by atoms with E-state index >= 15 is 0 Å². The molecular weight excluding hydrogens is 270 g/mol. The van der Waals surface area contributed by atoms with Gasteiger partial charge in [-0.25, -0.2) is 0 Å². The number of pyridine rings is 1. The fraction of sp³-hybridized carbons (Fsp3) is 0.550. The summed E-state index contributed by atoms with van der Waals surface area (Å²) in [6.07, 6.45) is 14.7. The molecule has 22 heavy (non-hydrogen) atoms. The summed E-state index contributed by atoms with van der Waals surface area (Å²) >= 11 is 0. The number of methoxy groups -OCH3 is 1. The van der Waals surface area contributed by atoms with Gasteiger partial charge in [0.05, 0.1) is 5.60 Å². The van der Waals surface area contributed by atoms with E-state index in [1.54, 1.807) is 0 Å². The molecule has 2 nitrogen and oxygen atoms in total. The van der Waals surface area contributed by atoms with Crippen molar-refractivity contribution in [3.05, 3.63) is 52.4 Å². The molecule has 0 saturated heterocycles. The van der Waals surface area contributed by atoms with Crippen molar-refractivity contribution in [1.29, 1.82) is 0 Å². The maximum Gasteiger partial charge on any atom is 0.0951 e. The van der Waals surface area contributed by atoms with Crippen molar-refractivity contribution >= 4 is 0 Å². The molecule has 0 amide bonds. The highest BCUT2D eigenvalue weighted by Gasteiger charge is 2.29. The lowest BCUT2D eigenvalue weighted by Crippen LogP contribution is -2.33. The first-order valence-electron chi connectivity index (χ1n) is 8.51. The molecule has 0 saturated carbocycles. The number of hydrogen-bond donors (Lipinski definition) is 0. The highest BCUT2D eigenvalue weighted by molar-refractivity contribution is 5.34. The van der Waals surface area contributed by atoms with Gasteiger partial charge in [0.1, 0.15) is 0 Å². The Bertz CT molecular complexity index is 614. The number of aromatic nitrogens is 1. The Labute approximate surface area is 134 Å². The summed E-state index contributed by atoms with van der Waals surface area (Å²) in [6.45, 7) is 4.34. The quantitative estimate of drug-likeness (QED) is 0.767. The first-order chi connectivity index (χ1) is 10.6. The Balaban J connectivity index is 1.89. The average Bonchev–Trinajstić information content (AvgIpc) is 2.75. The van der Waals surface area contributed by atoms with Crippen LogP contribution in [-0.2, 0) is 24.0 Å². The molecule has 0 N–H and O–H groups in total. The molecular formula is C20H27NO. The molecule has 1 atom stereocenters. The number of allylic oxidation sites excluding steroid dienone is 2. The van der Waals surface area contributed by atoms with Crippen LogP contribution in [0.2, 0.25) is 0 Å². The largest absolute Gasteiger partial charge is 0.373 e. The van der Waals surface area contributed by atoms with E-state index in [-0.39, 0.29) is 5.60 Å². The molecule has 1 heterocycles.